The lowest BCUT2D eigenvalue weighted by Crippen LogP contribution is -2.68. The maximum Gasteiger partial charge on any atom is 0.364 e. The van der Waals surface area contributed by atoms with Crippen LogP contribution in [-0.2, 0) is 52.2 Å². The summed E-state index contributed by atoms with van der Waals surface area (Å²) >= 11 is 0. The van der Waals surface area contributed by atoms with E-state index in [0.717, 1.165) is 0 Å². The van der Waals surface area contributed by atoms with E-state index in [1.807, 2.05) is 0 Å². The molecule has 4 heterocycles. The molecule has 356 valence electrons. The van der Waals surface area contributed by atoms with E-state index >= 15 is 0 Å². The van der Waals surface area contributed by atoms with E-state index < -0.39 is 185 Å². The second-order valence-corrected chi connectivity index (χ2v) is 16.8. The molecule has 0 aromatic carbocycles. The average molecular weight is 895 g/mol. The number of aliphatic carboxylic acids is 1. The minimum Gasteiger partial charge on any atom is -0.477 e. The molecule has 4 fully saturated rings. The Morgan fingerprint density at radius 2 is 1.33 bits per heavy atom. The van der Waals surface area contributed by atoms with Crippen LogP contribution in [0.4, 0.5) is 0 Å². The molecule has 14 N–H and O–H groups in total. The number of carbonyl (C=O) groups is 2. The van der Waals surface area contributed by atoms with Gasteiger partial charge in [-0.25, -0.2) is 4.79 Å². The third-order valence-corrected chi connectivity index (χ3v) is 11.3. The Balaban J connectivity index is 1.62. The van der Waals surface area contributed by atoms with Gasteiger partial charge in [0.05, 0.1) is 62.9 Å². The van der Waals surface area contributed by atoms with Crippen molar-refractivity contribution in [3.63, 3.8) is 0 Å². The number of rotatable bonds is 18. The predicted octanol–water partition coefficient (Wildman–Crippen LogP) is -6.92. The van der Waals surface area contributed by atoms with Gasteiger partial charge in [0, 0.05) is 18.3 Å². The van der Waals surface area contributed by atoms with Gasteiger partial charge >= 0.3 is 11.9 Å². The number of carbonyl (C=O) groups excluding carboxylic acids is 1. The fraction of sp³-hybridized carbons (Fsp3) is 0.944. The van der Waals surface area contributed by atoms with Crippen LogP contribution in [0.5, 0.6) is 0 Å². The minimum absolute atomic E-state index is 0.217. The van der Waals surface area contributed by atoms with Crippen LogP contribution in [0.2, 0.25) is 0 Å². The van der Waals surface area contributed by atoms with E-state index in [1.54, 1.807) is 20.8 Å². The van der Waals surface area contributed by atoms with E-state index in [9.17, 15) is 81.1 Å². The number of aliphatic hydroxyl groups is 13. The lowest BCUT2D eigenvalue weighted by molar-refractivity contribution is -0.450. The number of aliphatic hydroxyl groups excluding tert-OH is 13. The van der Waals surface area contributed by atoms with Crippen LogP contribution in [-0.4, -0.2) is 238 Å². The van der Waals surface area contributed by atoms with E-state index in [-0.39, 0.29) is 6.47 Å². The number of ether oxygens (including phenoxy) is 9. The highest BCUT2D eigenvalue weighted by atomic mass is 16.9. The summed E-state index contributed by atoms with van der Waals surface area (Å²) in [5.74, 6) is -9.94. The third kappa shape index (κ3) is 11.3. The van der Waals surface area contributed by atoms with Crippen LogP contribution in [0.3, 0.4) is 0 Å². The molecule has 4 saturated heterocycles. The summed E-state index contributed by atoms with van der Waals surface area (Å²) in [6.07, 6.45) is -34.5. The van der Waals surface area contributed by atoms with Gasteiger partial charge in [-0.3, -0.25) is 4.79 Å². The molecule has 0 amide bonds. The molecule has 0 radical (unpaired) electrons. The maximum atomic E-state index is 12.7. The molecule has 61 heavy (non-hydrogen) atoms. The largest absolute Gasteiger partial charge is 0.477 e. The first kappa shape index (κ1) is 51.7. The van der Waals surface area contributed by atoms with E-state index in [2.05, 4.69) is 0 Å². The first-order valence-corrected chi connectivity index (χ1v) is 19.7. The van der Waals surface area contributed by atoms with Gasteiger partial charge in [-0.1, -0.05) is 13.8 Å². The van der Waals surface area contributed by atoms with Crippen molar-refractivity contribution < 1.29 is 124 Å². The number of hydrogen-bond acceptors (Lipinski definition) is 24. The Labute approximate surface area is 349 Å². The molecular formula is C36H62O25. The van der Waals surface area contributed by atoms with Crippen LogP contribution >= 0.6 is 0 Å². The van der Waals surface area contributed by atoms with Gasteiger partial charge in [0.1, 0.15) is 73.2 Å². The lowest BCUT2D eigenvalue weighted by atomic mass is 9.84. The lowest BCUT2D eigenvalue weighted by Gasteiger charge is -2.51. The SMILES string of the molecule is C[C@H]1C([C@H](O)[C@H](O)CO)O[C@@](O[C@H](CO)[C@@H](O)C2O[C@](OC=O)(O[C@@H]3C(O)[C@H](O[C@@H]4C(CO)O[C@@H](OC(C)(C)C)C(O)[C@H]4O)OC(CO)[C@@H]3O)C[C@@H](O)[C@H]2C)(C(=O)O)C[C@H]1O. The zero-order valence-electron chi connectivity index (χ0n) is 34.1. The van der Waals surface area contributed by atoms with Crippen LogP contribution in [0.1, 0.15) is 47.5 Å². The molecule has 25 heteroatoms. The first-order chi connectivity index (χ1) is 28.4. The normalized spacial score (nSPS) is 44.4. The summed E-state index contributed by atoms with van der Waals surface area (Å²) < 4.78 is 50.7. The summed E-state index contributed by atoms with van der Waals surface area (Å²) in [5, 5.41) is 149. The number of carboxylic acids is 1. The Kier molecular flexibility index (Phi) is 17.8. The van der Waals surface area contributed by atoms with Crippen molar-refractivity contribution in [3.05, 3.63) is 0 Å². The fourth-order valence-electron chi connectivity index (χ4n) is 7.69. The van der Waals surface area contributed by atoms with E-state index in [1.165, 1.54) is 13.8 Å². The molecular weight excluding hydrogens is 832 g/mol. The topological polar surface area (TPSA) is 400 Å². The molecule has 0 aromatic rings. The summed E-state index contributed by atoms with van der Waals surface area (Å²) in [6.45, 7) is 3.40. The quantitative estimate of drug-likeness (QED) is 0.0449. The van der Waals surface area contributed by atoms with E-state index in [0.29, 0.717) is 0 Å². The van der Waals surface area contributed by atoms with Crippen LogP contribution in [0.15, 0.2) is 0 Å². The monoisotopic (exact) mass is 894 g/mol. The highest BCUT2D eigenvalue weighted by molar-refractivity contribution is 5.76. The van der Waals surface area contributed by atoms with Gasteiger partial charge in [0.25, 0.3) is 12.3 Å². The van der Waals surface area contributed by atoms with Crippen molar-refractivity contribution in [2.24, 2.45) is 11.8 Å². The average Bonchev–Trinajstić information content (AvgIpc) is 3.20. The second kappa shape index (κ2) is 20.9. The fourth-order valence-corrected chi connectivity index (χ4v) is 7.69. The summed E-state index contributed by atoms with van der Waals surface area (Å²) in [7, 11) is 0. The molecule has 0 aromatic heterocycles. The van der Waals surface area contributed by atoms with Crippen molar-refractivity contribution in [2.75, 3.05) is 26.4 Å². The molecule has 0 saturated carbocycles. The molecule has 4 aliphatic heterocycles. The molecule has 0 aliphatic carbocycles. The van der Waals surface area contributed by atoms with Crippen molar-refractivity contribution in [1.82, 2.24) is 0 Å². The van der Waals surface area contributed by atoms with Crippen molar-refractivity contribution in [1.29, 1.82) is 0 Å². The minimum atomic E-state index is -2.93. The summed E-state index contributed by atoms with van der Waals surface area (Å²) in [4.78, 5) is 24.7. The highest BCUT2D eigenvalue weighted by Crippen LogP contribution is 2.42. The van der Waals surface area contributed by atoms with Crippen molar-refractivity contribution in [3.8, 4) is 0 Å². The third-order valence-electron chi connectivity index (χ3n) is 11.3. The summed E-state index contributed by atoms with van der Waals surface area (Å²) in [6, 6.07) is 0. The van der Waals surface area contributed by atoms with Crippen LogP contribution in [0, 0.1) is 11.8 Å². The highest BCUT2D eigenvalue weighted by Gasteiger charge is 2.60. The smallest absolute Gasteiger partial charge is 0.364 e. The molecule has 25 nitrogen and oxygen atoms in total. The van der Waals surface area contributed by atoms with Gasteiger partial charge in [0.2, 0.25) is 0 Å². The molecule has 4 aliphatic rings. The zero-order valence-corrected chi connectivity index (χ0v) is 34.1. The van der Waals surface area contributed by atoms with Crippen molar-refractivity contribution in [2.45, 2.75) is 175 Å². The van der Waals surface area contributed by atoms with Gasteiger partial charge in [-0.2, -0.15) is 0 Å². The standard InChI is InChI=1S/C36H62O25/c1-13-15(42)6-35(33(51)52,58-27(13)21(45)17(44)8-37)57-19(10-39)23(47)28-14(2)16(43)7-36(59-28,53-12-41)60-30-22(46)18(9-38)54-31(26(30)50)56-29-20(11-40)55-32(25(49)24(29)48)61-34(3,4)5/h12-32,37-40,42-50H,6-11H2,1-5H3,(H,51,52)/t13-,14-,15-,16-,17-,18?,19-,20?,21-,22+,23-,24-,25?,26?,27?,28?,29-,30+,31+,32+,35-,36+/m1/s1. The Hall–Kier alpha value is -1.90. The summed E-state index contributed by atoms with van der Waals surface area (Å²) in [5.41, 5.74) is -0.878. The predicted molar refractivity (Wildman–Crippen MR) is 193 cm³/mol. The molecule has 0 spiro atoms. The van der Waals surface area contributed by atoms with Gasteiger partial charge in [-0.15, -0.1) is 0 Å². The molecule has 6 unspecified atom stereocenters. The van der Waals surface area contributed by atoms with Crippen LogP contribution < -0.4 is 0 Å². The van der Waals surface area contributed by atoms with Crippen LogP contribution in [0.25, 0.3) is 0 Å². The maximum absolute atomic E-state index is 12.7. The van der Waals surface area contributed by atoms with E-state index in [4.69, 9.17) is 42.6 Å². The zero-order chi connectivity index (χ0) is 45.9. The Bertz CT molecular complexity index is 1400. The number of hydrogen-bond donors (Lipinski definition) is 14. The van der Waals surface area contributed by atoms with Crippen molar-refractivity contribution >= 4 is 12.4 Å². The van der Waals surface area contributed by atoms with Gasteiger partial charge in [-0.05, 0) is 20.8 Å². The Morgan fingerprint density at radius 3 is 1.85 bits per heavy atom. The molecule has 4 rings (SSSR count). The van der Waals surface area contributed by atoms with Gasteiger partial charge < -0.3 is 114 Å². The molecule has 0 bridgehead atoms. The molecule has 22 atom stereocenters. The Morgan fingerprint density at radius 1 is 0.754 bits per heavy atom. The number of carboxylic acid groups (broad SMARTS) is 1. The van der Waals surface area contributed by atoms with Gasteiger partial charge in [0.15, 0.2) is 12.6 Å². The first-order valence-electron chi connectivity index (χ1n) is 19.7. The second-order valence-electron chi connectivity index (χ2n) is 16.8.